The Balaban J connectivity index is 1.53. The van der Waals surface area contributed by atoms with Crippen LogP contribution in [0.15, 0.2) is 45.9 Å². The molecule has 0 radical (unpaired) electrons. The first kappa shape index (κ1) is 16.5. The number of nitrogens with zero attached hydrogens (tertiary/aromatic N) is 3. The minimum absolute atomic E-state index is 0.274. The number of hydrogen-bond acceptors (Lipinski definition) is 4. The molecule has 128 valence electrons. The van der Waals surface area contributed by atoms with Crippen molar-refractivity contribution in [1.82, 2.24) is 19.7 Å². The summed E-state index contributed by atoms with van der Waals surface area (Å²) in [7, 11) is 0. The van der Waals surface area contributed by atoms with Crippen molar-refractivity contribution in [3.63, 3.8) is 0 Å². The first-order valence-corrected chi connectivity index (χ1v) is 8.39. The molecule has 0 fully saturated rings. The van der Waals surface area contributed by atoms with Gasteiger partial charge in [0.2, 0.25) is 0 Å². The second-order valence-electron chi connectivity index (χ2n) is 6.32. The molecule has 1 N–H and O–H groups in total. The van der Waals surface area contributed by atoms with Gasteiger partial charge in [0.05, 0.1) is 17.8 Å². The summed E-state index contributed by atoms with van der Waals surface area (Å²) in [6.45, 7) is 7.82. The summed E-state index contributed by atoms with van der Waals surface area (Å²) in [6, 6.07) is 8.09. The van der Waals surface area contributed by atoms with E-state index in [1.165, 1.54) is 5.56 Å². The predicted molar refractivity (Wildman–Crippen MR) is 94.2 cm³/mol. The zero-order valence-corrected chi connectivity index (χ0v) is 14.4. The first-order chi connectivity index (χ1) is 11.6. The lowest BCUT2D eigenvalue weighted by Gasteiger charge is -2.21. The minimum Gasteiger partial charge on any atom is -0.408 e. The van der Waals surface area contributed by atoms with Gasteiger partial charge in [-0.15, -0.1) is 0 Å². The van der Waals surface area contributed by atoms with Gasteiger partial charge in [-0.25, -0.2) is 4.79 Å². The van der Waals surface area contributed by atoms with E-state index in [1.807, 2.05) is 42.1 Å². The molecule has 0 bridgehead atoms. The second kappa shape index (κ2) is 7.05. The fourth-order valence-corrected chi connectivity index (χ4v) is 2.85. The van der Waals surface area contributed by atoms with Crippen LogP contribution < -0.4 is 11.1 Å². The van der Waals surface area contributed by atoms with Gasteiger partial charge >= 0.3 is 5.76 Å². The third-order valence-corrected chi connectivity index (χ3v) is 4.47. The summed E-state index contributed by atoms with van der Waals surface area (Å²) in [5.41, 5.74) is 2.67. The lowest BCUT2D eigenvalue weighted by atomic mass is 10.1. The number of nitrogens with one attached hydrogen (secondary N) is 1. The third-order valence-electron chi connectivity index (χ3n) is 4.47. The number of aryl methyl sites for hydroxylation is 2. The molecule has 2 atom stereocenters. The molecule has 3 rings (SSSR count). The van der Waals surface area contributed by atoms with Crippen LogP contribution in [0.1, 0.15) is 31.9 Å². The average molecular weight is 328 g/mol. The maximum Gasteiger partial charge on any atom is 0.419 e. The smallest absolute Gasteiger partial charge is 0.408 e. The van der Waals surface area contributed by atoms with Crippen LogP contribution in [-0.2, 0) is 6.54 Å². The van der Waals surface area contributed by atoms with Crippen LogP contribution >= 0.6 is 0 Å². The van der Waals surface area contributed by atoms with Crippen molar-refractivity contribution >= 4 is 11.1 Å². The van der Waals surface area contributed by atoms with Crippen molar-refractivity contribution in [2.45, 2.75) is 45.8 Å². The molecule has 0 saturated heterocycles. The van der Waals surface area contributed by atoms with E-state index in [0.717, 1.165) is 18.5 Å². The highest BCUT2D eigenvalue weighted by atomic mass is 16.4. The standard InChI is InChI=1S/C18H24N4O2/c1-13-11-20-22(12-13)15(3)14(2)19-9-6-10-21-16-7-4-5-8-17(16)24-18(21)23/h4-5,7-8,11-12,14-15,19H,6,9-10H2,1-3H3. The molecule has 0 saturated carbocycles. The molecular formula is C18H24N4O2. The quantitative estimate of drug-likeness (QED) is 0.677. The van der Waals surface area contributed by atoms with Gasteiger partial charge in [-0.1, -0.05) is 12.1 Å². The van der Waals surface area contributed by atoms with E-state index >= 15 is 0 Å². The van der Waals surface area contributed by atoms with Gasteiger partial charge in [0, 0.05) is 18.8 Å². The van der Waals surface area contributed by atoms with Crippen molar-refractivity contribution in [2.24, 2.45) is 0 Å². The fraction of sp³-hybridized carbons (Fsp3) is 0.444. The normalized spacial score (nSPS) is 14.1. The number of fused-ring (bicyclic) bond motifs is 1. The van der Waals surface area contributed by atoms with Gasteiger partial charge in [-0.05, 0) is 51.4 Å². The van der Waals surface area contributed by atoms with E-state index in [2.05, 4.69) is 30.5 Å². The molecule has 6 nitrogen and oxygen atoms in total. The van der Waals surface area contributed by atoms with Crippen LogP contribution in [0.2, 0.25) is 0 Å². The van der Waals surface area contributed by atoms with Crippen molar-refractivity contribution in [3.05, 3.63) is 52.8 Å². The zero-order chi connectivity index (χ0) is 17.1. The van der Waals surface area contributed by atoms with E-state index in [4.69, 9.17) is 4.42 Å². The van der Waals surface area contributed by atoms with Crippen LogP contribution in [-0.4, -0.2) is 26.9 Å². The Bertz CT molecular complexity index is 861. The molecule has 0 aliphatic heterocycles. The van der Waals surface area contributed by atoms with Crippen molar-refractivity contribution in [1.29, 1.82) is 0 Å². The molecule has 0 spiro atoms. The summed E-state index contributed by atoms with van der Waals surface area (Å²) >= 11 is 0. The highest BCUT2D eigenvalue weighted by Gasteiger charge is 2.14. The van der Waals surface area contributed by atoms with Gasteiger partial charge < -0.3 is 9.73 Å². The van der Waals surface area contributed by atoms with Gasteiger partial charge in [0.25, 0.3) is 0 Å². The number of para-hydroxylation sites is 2. The van der Waals surface area contributed by atoms with Gasteiger partial charge in [-0.2, -0.15) is 5.10 Å². The molecule has 2 heterocycles. The van der Waals surface area contributed by atoms with Crippen molar-refractivity contribution in [2.75, 3.05) is 6.54 Å². The minimum atomic E-state index is -0.287. The summed E-state index contributed by atoms with van der Waals surface area (Å²) in [6.07, 6.45) is 4.79. The molecule has 2 unspecified atom stereocenters. The van der Waals surface area contributed by atoms with Crippen LogP contribution in [0.3, 0.4) is 0 Å². The van der Waals surface area contributed by atoms with Crippen molar-refractivity contribution < 1.29 is 4.42 Å². The monoisotopic (exact) mass is 328 g/mol. The highest BCUT2D eigenvalue weighted by molar-refractivity contribution is 5.72. The van der Waals surface area contributed by atoms with E-state index in [0.29, 0.717) is 18.2 Å². The molecule has 1 aromatic carbocycles. The Kier molecular flexibility index (Phi) is 4.85. The Labute approximate surface area is 141 Å². The lowest BCUT2D eigenvalue weighted by Crippen LogP contribution is -2.35. The Morgan fingerprint density at radius 1 is 1.29 bits per heavy atom. The molecule has 24 heavy (non-hydrogen) atoms. The second-order valence-corrected chi connectivity index (χ2v) is 6.32. The van der Waals surface area contributed by atoms with Crippen LogP contribution in [0.4, 0.5) is 0 Å². The lowest BCUT2D eigenvalue weighted by molar-refractivity contribution is 0.361. The van der Waals surface area contributed by atoms with Crippen LogP contribution in [0.5, 0.6) is 0 Å². The number of oxazole rings is 1. The molecule has 0 aliphatic carbocycles. The number of rotatable bonds is 7. The maximum absolute atomic E-state index is 11.9. The van der Waals surface area contributed by atoms with Crippen LogP contribution in [0, 0.1) is 6.92 Å². The average Bonchev–Trinajstić information content (AvgIpc) is 3.14. The predicted octanol–water partition coefficient (Wildman–Crippen LogP) is 2.73. The summed E-state index contributed by atoms with van der Waals surface area (Å²) in [5.74, 6) is -0.287. The van der Waals surface area contributed by atoms with E-state index in [1.54, 1.807) is 4.57 Å². The van der Waals surface area contributed by atoms with E-state index < -0.39 is 0 Å². The Hall–Kier alpha value is -2.34. The largest absolute Gasteiger partial charge is 0.419 e. The zero-order valence-electron chi connectivity index (χ0n) is 14.4. The van der Waals surface area contributed by atoms with Gasteiger partial charge in [0.15, 0.2) is 5.58 Å². The molecule has 0 aliphatic rings. The summed E-state index contributed by atoms with van der Waals surface area (Å²) in [4.78, 5) is 11.9. The summed E-state index contributed by atoms with van der Waals surface area (Å²) < 4.78 is 8.93. The maximum atomic E-state index is 11.9. The summed E-state index contributed by atoms with van der Waals surface area (Å²) in [5, 5.41) is 7.88. The van der Waals surface area contributed by atoms with E-state index in [9.17, 15) is 4.79 Å². The number of hydrogen-bond donors (Lipinski definition) is 1. The molecule has 0 amide bonds. The number of benzene rings is 1. The third kappa shape index (κ3) is 3.43. The molecule has 2 aromatic heterocycles. The molecule has 3 aromatic rings. The Morgan fingerprint density at radius 2 is 2.08 bits per heavy atom. The van der Waals surface area contributed by atoms with Crippen LogP contribution in [0.25, 0.3) is 11.1 Å². The molecule has 6 heteroatoms. The van der Waals surface area contributed by atoms with Gasteiger partial charge in [-0.3, -0.25) is 9.25 Å². The fourth-order valence-electron chi connectivity index (χ4n) is 2.85. The number of aromatic nitrogens is 3. The van der Waals surface area contributed by atoms with Gasteiger partial charge in [0.1, 0.15) is 0 Å². The van der Waals surface area contributed by atoms with E-state index in [-0.39, 0.29) is 11.8 Å². The van der Waals surface area contributed by atoms with Crippen molar-refractivity contribution in [3.8, 4) is 0 Å². The highest BCUT2D eigenvalue weighted by Crippen LogP contribution is 2.13. The first-order valence-electron chi connectivity index (χ1n) is 8.39. The Morgan fingerprint density at radius 3 is 2.83 bits per heavy atom. The molecular weight excluding hydrogens is 304 g/mol. The topological polar surface area (TPSA) is 65.0 Å². The SMILES string of the molecule is Cc1cnn(C(C)C(C)NCCCn2c(=O)oc3ccccc32)c1.